The fraction of sp³-hybridized carbons (Fsp3) is 0.500. The third-order valence-electron chi connectivity index (χ3n) is 3.91. The van der Waals surface area contributed by atoms with Crippen LogP contribution in [0.2, 0.25) is 0 Å². The Labute approximate surface area is 137 Å². The Morgan fingerprint density at radius 3 is 2.55 bits per heavy atom. The van der Waals surface area contributed by atoms with Gasteiger partial charge in [0.25, 0.3) is 5.91 Å². The molecule has 2 N–H and O–H groups in total. The molecular weight excluding hydrogens is 302 g/mol. The van der Waals surface area contributed by atoms with Crippen LogP contribution < -0.4 is 10.6 Å². The highest BCUT2D eigenvalue weighted by Gasteiger charge is 2.20. The predicted octanol–water partition coefficient (Wildman–Crippen LogP) is 1.43. The van der Waals surface area contributed by atoms with Crippen LogP contribution in [0.25, 0.3) is 0 Å². The summed E-state index contributed by atoms with van der Waals surface area (Å²) in [5, 5.41) is 5.87. The van der Waals surface area contributed by atoms with Crippen molar-refractivity contribution in [3.05, 3.63) is 35.4 Å². The number of amides is 2. The Hall–Kier alpha value is -1.59. The van der Waals surface area contributed by atoms with E-state index in [0.717, 1.165) is 25.1 Å². The van der Waals surface area contributed by atoms with Gasteiger partial charge in [0.05, 0.1) is 0 Å². The molecular formula is C16H24ClN3O2. The Kier molecular flexibility index (Phi) is 7.35. The molecule has 0 radical (unpaired) electrons. The molecule has 2 rings (SSSR count). The van der Waals surface area contributed by atoms with E-state index in [2.05, 4.69) is 10.6 Å². The van der Waals surface area contributed by atoms with Crippen LogP contribution in [0.4, 0.5) is 0 Å². The van der Waals surface area contributed by atoms with Gasteiger partial charge in [-0.2, -0.15) is 0 Å². The van der Waals surface area contributed by atoms with Crippen molar-refractivity contribution in [2.24, 2.45) is 5.92 Å². The van der Waals surface area contributed by atoms with Gasteiger partial charge in [0, 0.05) is 32.6 Å². The molecule has 0 bridgehead atoms. The van der Waals surface area contributed by atoms with Crippen molar-refractivity contribution in [3.8, 4) is 0 Å². The van der Waals surface area contributed by atoms with Gasteiger partial charge in [-0.25, -0.2) is 0 Å². The third kappa shape index (κ3) is 5.00. The Balaban J connectivity index is 0.00000242. The van der Waals surface area contributed by atoms with Gasteiger partial charge in [-0.1, -0.05) is 12.1 Å². The van der Waals surface area contributed by atoms with E-state index in [1.54, 1.807) is 24.1 Å². The van der Waals surface area contributed by atoms with Crippen molar-refractivity contribution in [2.45, 2.75) is 19.4 Å². The second-order valence-electron chi connectivity index (χ2n) is 5.59. The van der Waals surface area contributed by atoms with Crippen LogP contribution in [0.3, 0.4) is 0 Å². The number of hydrogen-bond acceptors (Lipinski definition) is 3. The number of nitrogens with zero attached hydrogens (tertiary/aromatic N) is 1. The zero-order valence-corrected chi connectivity index (χ0v) is 13.9. The molecule has 1 atom stereocenters. The Bertz CT molecular complexity index is 499. The van der Waals surface area contributed by atoms with Crippen LogP contribution in [-0.2, 0) is 11.3 Å². The van der Waals surface area contributed by atoms with Crippen LogP contribution in [-0.4, -0.2) is 43.9 Å². The van der Waals surface area contributed by atoms with Crippen molar-refractivity contribution in [2.75, 3.05) is 27.2 Å². The Morgan fingerprint density at radius 2 is 2.00 bits per heavy atom. The van der Waals surface area contributed by atoms with Crippen LogP contribution >= 0.6 is 12.4 Å². The summed E-state index contributed by atoms with van der Waals surface area (Å²) in [5.41, 5.74) is 1.66. The number of rotatable bonds is 5. The summed E-state index contributed by atoms with van der Waals surface area (Å²) < 4.78 is 0. The van der Waals surface area contributed by atoms with Gasteiger partial charge in [0.15, 0.2) is 0 Å². The predicted molar refractivity (Wildman–Crippen MR) is 89.1 cm³/mol. The first kappa shape index (κ1) is 18.5. The van der Waals surface area contributed by atoms with Crippen LogP contribution in [0.15, 0.2) is 24.3 Å². The highest BCUT2D eigenvalue weighted by atomic mass is 35.5. The summed E-state index contributed by atoms with van der Waals surface area (Å²) in [6.07, 6.45) is 1.69. The minimum Gasteiger partial charge on any atom is -0.355 e. The lowest BCUT2D eigenvalue weighted by Gasteiger charge is -2.19. The zero-order valence-electron chi connectivity index (χ0n) is 13.1. The first-order valence-corrected chi connectivity index (χ1v) is 7.36. The minimum absolute atomic E-state index is 0. The summed E-state index contributed by atoms with van der Waals surface area (Å²) in [6, 6.07) is 7.36. The van der Waals surface area contributed by atoms with E-state index in [1.165, 1.54) is 0 Å². The minimum atomic E-state index is -0.0975. The van der Waals surface area contributed by atoms with E-state index in [9.17, 15) is 9.59 Å². The van der Waals surface area contributed by atoms with Crippen molar-refractivity contribution in [1.29, 1.82) is 0 Å². The molecule has 0 aliphatic carbocycles. The van der Waals surface area contributed by atoms with Gasteiger partial charge in [0.2, 0.25) is 5.91 Å². The third-order valence-corrected chi connectivity index (χ3v) is 3.91. The smallest absolute Gasteiger partial charge is 0.251 e. The molecule has 1 unspecified atom stereocenters. The number of carbonyl (C=O) groups is 2. The highest BCUT2D eigenvalue weighted by Crippen LogP contribution is 2.15. The molecule has 2 amide bonds. The van der Waals surface area contributed by atoms with E-state index >= 15 is 0 Å². The average molecular weight is 326 g/mol. The molecule has 1 aliphatic heterocycles. The quantitative estimate of drug-likeness (QED) is 0.861. The fourth-order valence-electron chi connectivity index (χ4n) is 2.56. The molecule has 1 aromatic rings. The van der Waals surface area contributed by atoms with Crippen LogP contribution in [0, 0.1) is 5.92 Å². The van der Waals surface area contributed by atoms with Crippen molar-refractivity contribution in [3.63, 3.8) is 0 Å². The highest BCUT2D eigenvalue weighted by molar-refractivity contribution is 5.93. The maximum Gasteiger partial charge on any atom is 0.251 e. The van der Waals surface area contributed by atoms with Gasteiger partial charge in [-0.15, -0.1) is 12.4 Å². The fourth-order valence-corrected chi connectivity index (χ4v) is 2.56. The topological polar surface area (TPSA) is 61.4 Å². The number of hydrogen-bond donors (Lipinski definition) is 2. The lowest BCUT2D eigenvalue weighted by molar-refractivity contribution is -0.131. The molecule has 1 heterocycles. The lowest BCUT2D eigenvalue weighted by atomic mass is 10.0. The van der Waals surface area contributed by atoms with Crippen LogP contribution in [0.5, 0.6) is 0 Å². The largest absolute Gasteiger partial charge is 0.355 e. The van der Waals surface area contributed by atoms with Crippen LogP contribution in [0.1, 0.15) is 28.8 Å². The monoisotopic (exact) mass is 325 g/mol. The van der Waals surface area contributed by atoms with Gasteiger partial charge >= 0.3 is 0 Å². The molecule has 5 nitrogen and oxygen atoms in total. The van der Waals surface area contributed by atoms with E-state index in [4.69, 9.17) is 0 Å². The number of carbonyl (C=O) groups excluding carboxylic acids is 2. The van der Waals surface area contributed by atoms with E-state index < -0.39 is 0 Å². The van der Waals surface area contributed by atoms with Gasteiger partial charge in [-0.05, 0) is 43.1 Å². The summed E-state index contributed by atoms with van der Waals surface area (Å²) in [6.45, 7) is 2.54. The summed E-state index contributed by atoms with van der Waals surface area (Å²) in [7, 11) is 3.44. The first-order chi connectivity index (χ1) is 10.1. The molecule has 1 saturated heterocycles. The zero-order chi connectivity index (χ0) is 15.2. The van der Waals surface area contributed by atoms with E-state index in [1.807, 2.05) is 19.2 Å². The van der Waals surface area contributed by atoms with Crippen molar-refractivity contribution >= 4 is 24.2 Å². The molecule has 1 aliphatic rings. The van der Waals surface area contributed by atoms with Crippen molar-refractivity contribution < 1.29 is 9.59 Å². The standard InChI is InChI=1S/C16H23N3O2.ClH/c1-17-16(21)14-5-3-12(4-6-14)11-19(2)15(20)9-13-7-8-18-10-13;/h3-6,13,18H,7-11H2,1-2H3,(H,17,21);1H. The molecule has 1 aromatic carbocycles. The number of halogens is 1. The molecule has 0 saturated carbocycles. The van der Waals surface area contributed by atoms with Gasteiger partial charge in [-0.3, -0.25) is 9.59 Å². The van der Waals surface area contributed by atoms with E-state index in [-0.39, 0.29) is 24.2 Å². The average Bonchev–Trinajstić information content (AvgIpc) is 3.00. The number of benzene rings is 1. The summed E-state index contributed by atoms with van der Waals surface area (Å²) >= 11 is 0. The molecule has 0 aromatic heterocycles. The molecule has 22 heavy (non-hydrogen) atoms. The normalized spacial score (nSPS) is 16.7. The molecule has 122 valence electrons. The second kappa shape index (κ2) is 8.76. The maximum atomic E-state index is 12.2. The van der Waals surface area contributed by atoms with Gasteiger partial charge < -0.3 is 15.5 Å². The summed E-state index contributed by atoms with van der Waals surface area (Å²) in [5.74, 6) is 0.550. The van der Waals surface area contributed by atoms with Gasteiger partial charge in [0.1, 0.15) is 0 Å². The molecule has 6 heteroatoms. The Morgan fingerprint density at radius 1 is 1.32 bits per heavy atom. The molecule has 1 fully saturated rings. The SMILES string of the molecule is CNC(=O)c1ccc(CN(C)C(=O)CC2CCNC2)cc1.Cl. The lowest BCUT2D eigenvalue weighted by Crippen LogP contribution is -2.28. The second-order valence-corrected chi connectivity index (χ2v) is 5.59. The molecule has 0 spiro atoms. The van der Waals surface area contributed by atoms with E-state index in [0.29, 0.717) is 24.4 Å². The maximum absolute atomic E-state index is 12.2. The first-order valence-electron chi connectivity index (χ1n) is 7.36. The van der Waals surface area contributed by atoms with Crippen molar-refractivity contribution in [1.82, 2.24) is 15.5 Å². The summed E-state index contributed by atoms with van der Waals surface area (Å²) in [4.78, 5) is 25.4. The number of nitrogens with one attached hydrogen (secondary N) is 2.